The van der Waals surface area contributed by atoms with Gasteiger partial charge < -0.3 is 10.6 Å². The molecule has 1 aliphatic heterocycles. The molecule has 0 aromatic carbocycles. The van der Waals surface area contributed by atoms with Crippen LogP contribution in [0.4, 0.5) is 5.82 Å². The fraction of sp³-hybridized carbons (Fsp3) is 0.583. The first-order valence-corrected chi connectivity index (χ1v) is 6.37. The average Bonchev–Trinajstić information content (AvgIpc) is 2.78. The largest absolute Gasteiger partial charge is 0.389 e. The summed E-state index contributed by atoms with van der Waals surface area (Å²) in [5.41, 5.74) is 6.55. The molecule has 0 saturated carbocycles. The highest BCUT2D eigenvalue weighted by Crippen LogP contribution is 2.28. The predicted octanol–water partition coefficient (Wildman–Crippen LogP) is 1.59. The molecular weight excluding hydrogens is 232 g/mol. The molecule has 0 amide bonds. The van der Waals surface area contributed by atoms with Crippen LogP contribution >= 0.6 is 12.2 Å². The van der Waals surface area contributed by atoms with Crippen molar-refractivity contribution in [1.82, 2.24) is 10.2 Å². The Hall–Kier alpha value is -1.23. The maximum Gasteiger partial charge on any atom is 0.161 e. The Kier molecular flexibility index (Phi) is 3.57. The molecule has 2 rings (SSSR count). The second-order valence-electron chi connectivity index (χ2n) is 4.87. The van der Waals surface area contributed by atoms with Crippen LogP contribution in [-0.4, -0.2) is 28.3 Å². The van der Waals surface area contributed by atoms with Gasteiger partial charge in [-0.2, -0.15) is 5.10 Å². The fourth-order valence-electron chi connectivity index (χ4n) is 2.27. The molecule has 5 heteroatoms. The molecule has 0 spiro atoms. The van der Waals surface area contributed by atoms with Crippen LogP contribution in [0.5, 0.6) is 0 Å². The number of anilines is 1. The average molecular weight is 250 g/mol. The molecule has 2 heterocycles. The van der Waals surface area contributed by atoms with Crippen LogP contribution in [0.15, 0.2) is 12.3 Å². The molecule has 0 radical (unpaired) electrons. The maximum atomic E-state index is 5.71. The summed E-state index contributed by atoms with van der Waals surface area (Å²) in [7, 11) is 0. The highest BCUT2D eigenvalue weighted by atomic mass is 32.1. The Morgan fingerprint density at radius 1 is 1.59 bits per heavy atom. The number of aromatic nitrogens is 2. The molecule has 1 aromatic heterocycles. The Balaban J connectivity index is 2.21. The monoisotopic (exact) mass is 250 g/mol. The van der Waals surface area contributed by atoms with Crippen molar-refractivity contribution in [2.45, 2.75) is 20.3 Å². The first-order chi connectivity index (χ1) is 8.09. The molecule has 0 aliphatic carbocycles. The standard InChI is InChI=1S/C12H18N4S/c1-8(2)9-4-6-16(7-9)12-10(11(13)17)3-5-14-15-12/h3,5,8-9H,4,6-7H2,1-2H3,(H2,13,17). The van der Waals surface area contributed by atoms with E-state index in [-0.39, 0.29) is 0 Å². The number of hydrogen-bond acceptors (Lipinski definition) is 4. The van der Waals surface area contributed by atoms with Gasteiger partial charge in [0.2, 0.25) is 0 Å². The van der Waals surface area contributed by atoms with Crippen LogP contribution < -0.4 is 10.6 Å². The van der Waals surface area contributed by atoms with Crippen molar-refractivity contribution in [1.29, 1.82) is 0 Å². The van der Waals surface area contributed by atoms with Crippen molar-refractivity contribution >= 4 is 23.0 Å². The number of thiocarbonyl (C=S) groups is 1. The summed E-state index contributed by atoms with van der Waals surface area (Å²) in [6.07, 6.45) is 2.83. The van der Waals surface area contributed by atoms with Crippen molar-refractivity contribution in [3.63, 3.8) is 0 Å². The van der Waals surface area contributed by atoms with Gasteiger partial charge in [0, 0.05) is 13.1 Å². The Bertz CT molecular complexity index is 419. The minimum Gasteiger partial charge on any atom is -0.389 e. The van der Waals surface area contributed by atoms with Crippen LogP contribution in [0.2, 0.25) is 0 Å². The molecule has 4 nitrogen and oxygen atoms in total. The predicted molar refractivity (Wildman–Crippen MR) is 73.1 cm³/mol. The van der Waals surface area contributed by atoms with Crippen LogP contribution in [0, 0.1) is 11.8 Å². The Morgan fingerprint density at radius 3 is 2.94 bits per heavy atom. The lowest BCUT2D eigenvalue weighted by Gasteiger charge is -2.20. The first-order valence-electron chi connectivity index (χ1n) is 5.96. The summed E-state index contributed by atoms with van der Waals surface area (Å²) in [6.45, 7) is 6.56. The molecule has 1 fully saturated rings. The zero-order valence-corrected chi connectivity index (χ0v) is 11.1. The third kappa shape index (κ3) is 2.54. The molecule has 1 unspecified atom stereocenters. The van der Waals surface area contributed by atoms with E-state index < -0.39 is 0 Å². The van der Waals surface area contributed by atoms with Crippen molar-refractivity contribution in [3.05, 3.63) is 17.8 Å². The number of nitrogens with two attached hydrogens (primary N) is 1. The molecule has 92 valence electrons. The minimum absolute atomic E-state index is 0.392. The van der Waals surface area contributed by atoms with Crippen LogP contribution in [0.3, 0.4) is 0 Å². The van der Waals surface area contributed by atoms with Gasteiger partial charge in [0.25, 0.3) is 0 Å². The van der Waals surface area contributed by atoms with Gasteiger partial charge in [-0.3, -0.25) is 0 Å². The molecule has 1 aromatic rings. The van der Waals surface area contributed by atoms with E-state index in [1.54, 1.807) is 6.20 Å². The lowest BCUT2D eigenvalue weighted by molar-refractivity contribution is 0.422. The van der Waals surface area contributed by atoms with Gasteiger partial charge >= 0.3 is 0 Å². The van der Waals surface area contributed by atoms with E-state index in [4.69, 9.17) is 18.0 Å². The Morgan fingerprint density at radius 2 is 2.35 bits per heavy atom. The maximum absolute atomic E-state index is 5.71. The van der Waals surface area contributed by atoms with E-state index in [1.807, 2.05) is 6.07 Å². The van der Waals surface area contributed by atoms with Crippen molar-refractivity contribution in [2.75, 3.05) is 18.0 Å². The third-order valence-electron chi connectivity index (χ3n) is 3.43. The van der Waals surface area contributed by atoms with E-state index in [9.17, 15) is 0 Å². The molecule has 0 bridgehead atoms. The summed E-state index contributed by atoms with van der Waals surface area (Å²) < 4.78 is 0. The van der Waals surface area contributed by atoms with E-state index in [2.05, 4.69) is 28.9 Å². The second-order valence-corrected chi connectivity index (χ2v) is 5.31. The van der Waals surface area contributed by atoms with E-state index >= 15 is 0 Å². The summed E-state index contributed by atoms with van der Waals surface area (Å²) in [4.78, 5) is 2.63. The topological polar surface area (TPSA) is 55.0 Å². The highest BCUT2D eigenvalue weighted by molar-refractivity contribution is 7.80. The third-order valence-corrected chi connectivity index (χ3v) is 3.65. The van der Waals surface area contributed by atoms with E-state index in [1.165, 1.54) is 6.42 Å². The van der Waals surface area contributed by atoms with E-state index in [0.29, 0.717) is 10.9 Å². The summed E-state index contributed by atoms with van der Waals surface area (Å²) in [6, 6.07) is 1.84. The number of hydrogen-bond donors (Lipinski definition) is 1. The Labute approximate surface area is 107 Å². The van der Waals surface area contributed by atoms with Gasteiger partial charge in [0.05, 0.1) is 11.8 Å². The molecule has 1 aliphatic rings. The fourth-order valence-corrected chi connectivity index (χ4v) is 2.43. The SMILES string of the molecule is CC(C)C1CCN(c2nnccc2C(N)=S)C1. The molecule has 2 N–H and O–H groups in total. The van der Waals surface area contributed by atoms with Crippen LogP contribution in [0.25, 0.3) is 0 Å². The van der Waals surface area contributed by atoms with Crippen molar-refractivity contribution in [3.8, 4) is 0 Å². The highest BCUT2D eigenvalue weighted by Gasteiger charge is 2.27. The first kappa shape index (κ1) is 12.2. The smallest absolute Gasteiger partial charge is 0.161 e. The van der Waals surface area contributed by atoms with Gasteiger partial charge in [-0.1, -0.05) is 26.1 Å². The van der Waals surface area contributed by atoms with Gasteiger partial charge in [0.1, 0.15) is 4.99 Å². The van der Waals surface area contributed by atoms with Gasteiger partial charge in [-0.05, 0) is 24.3 Å². The number of rotatable bonds is 3. The van der Waals surface area contributed by atoms with Gasteiger partial charge in [-0.25, -0.2) is 0 Å². The van der Waals surface area contributed by atoms with E-state index in [0.717, 1.165) is 30.4 Å². The zero-order chi connectivity index (χ0) is 12.4. The molecule has 1 atom stereocenters. The van der Waals surface area contributed by atoms with Crippen molar-refractivity contribution < 1.29 is 0 Å². The molecular formula is C12H18N4S. The minimum atomic E-state index is 0.392. The van der Waals surface area contributed by atoms with Gasteiger partial charge in [-0.15, -0.1) is 5.10 Å². The lowest BCUT2D eigenvalue weighted by atomic mass is 9.95. The molecule has 1 saturated heterocycles. The lowest BCUT2D eigenvalue weighted by Crippen LogP contribution is -2.26. The molecule has 17 heavy (non-hydrogen) atoms. The summed E-state index contributed by atoms with van der Waals surface area (Å²) >= 11 is 5.05. The normalized spacial score (nSPS) is 19.9. The number of nitrogens with zero attached hydrogens (tertiary/aromatic N) is 3. The van der Waals surface area contributed by atoms with Gasteiger partial charge in [0.15, 0.2) is 5.82 Å². The second kappa shape index (κ2) is 4.96. The van der Waals surface area contributed by atoms with Crippen LogP contribution in [-0.2, 0) is 0 Å². The van der Waals surface area contributed by atoms with Crippen LogP contribution in [0.1, 0.15) is 25.8 Å². The quantitative estimate of drug-likeness (QED) is 0.826. The zero-order valence-electron chi connectivity index (χ0n) is 10.3. The summed E-state index contributed by atoms with van der Waals surface area (Å²) in [5, 5.41) is 8.12. The van der Waals surface area contributed by atoms with Crippen molar-refractivity contribution in [2.24, 2.45) is 17.6 Å². The summed E-state index contributed by atoms with van der Waals surface area (Å²) in [5.74, 6) is 2.25.